The average molecular weight is 342 g/mol. The molecule has 0 spiro atoms. The van der Waals surface area contributed by atoms with E-state index in [4.69, 9.17) is 0 Å². The van der Waals surface area contributed by atoms with Gasteiger partial charge in [0.1, 0.15) is 0 Å². The Hall–Kier alpha value is -2.56. The van der Waals surface area contributed by atoms with Crippen molar-refractivity contribution in [1.29, 1.82) is 0 Å². The predicted octanol–water partition coefficient (Wildman–Crippen LogP) is 5.12. The number of aryl methyl sites for hydroxylation is 1. The number of anilines is 1. The van der Waals surface area contributed by atoms with Crippen LogP contribution in [0.25, 0.3) is 10.9 Å². The molecule has 4 rings (SSSR count). The maximum atomic E-state index is 13.0. The van der Waals surface area contributed by atoms with E-state index < -0.39 is 11.7 Å². The molecule has 1 aliphatic heterocycles. The van der Waals surface area contributed by atoms with Crippen LogP contribution >= 0.6 is 0 Å². The van der Waals surface area contributed by atoms with Crippen molar-refractivity contribution in [3.63, 3.8) is 0 Å². The fraction of sp³-hybridized carbons (Fsp3) is 0.250. The summed E-state index contributed by atoms with van der Waals surface area (Å²) in [6.45, 7) is 3.42. The average Bonchev–Trinajstić information content (AvgIpc) is 2.59. The molecule has 128 valence electrons. The highest BCUT2D eigenvalue weighted by atomic mass is 19.4. The maximum Gasteiger partial charge on any atom is 0.416 e. The summed E-state index contributed by atoms with van der Waals surface area (Å²) in [4.78, 5) is 6.55. The van der Waals surface area contributed by atoms with Crippen LogP contribution in [0, 0.1) is 6.92 Å². The Labute approximate surface area is 143 Å². The summed E-state index contributed by atoms with van der Waals surface area (Å²) < 4.78 is 39.0. The summed E-state index contributed by atoms with van der Waals surface area (Å²) in [6, 6.07) is 14.1. The molecule has 0 fully saturated rings. The molecule has 0 saturated carbocycles. The van der Waals surface area contributed by atoms with Crippen molar-refractivity contribution in [2.45, 2.75) is 26.1 Å². The first-order valence-electron chi connectivity index (χ1n) is 8.22. The molecule has 25 heavy (non-hydrogen) atoms. The lowest BCUT2D eigenvalue weighted by atomic mass is 9.98. The normalized spacial score (nSPS) is 14.6. The molecule has 2 aromatic carbocycles. The van der Waals surface area contributed by atoms with E-state index in [9.17, 15) is 13.2 Å². The van der Waals surface area contributed by atoms with Crippen LogP contribution in [0.5, 0.6) is 0 Å². The van der Waals surface area contributed by atoms with Crippen molar-refractivity contribution in [2.75, 3.05) is 11.4 Å². The Kier molecular flexibility index (Phi) is 3.67. The van der Waals surface area contributed by atoms with Gasteiger partial charge in [0.25, 0.3) is 0 Å². The minimum atomic E-state index is -4.36. The molecular formula is C20H17F3N2. The van der Waals surface area contributed by atoms with Crippen LogP contribution in [0.2, 0.25) is 0 Å². The van der Waals surface area contributed by atoms with Gasteiger partial charge in [-0.2, -0.15) is 13.2 Å². The van der Waals surface area contributed by atoms with Crippen molar-refractivity contribution in [2.24, 2.45) is 0 Å². The highest BCUT2D eigenvalue weighted by Crippen LogP contribution is 2.35. The van der Waals surface area contributed by atoms with E-state index in [-0.39, 0.29) is 0 Å². The van der Waals surface area contributed by atoms with E-state index in [1.807, 2.05) is 25.1 Å². The van der Waals surface area contributed by atoms with Gasteiger partial charge in [-0.05, 0) is 42.7 Å². The van der Waals surface area contributed by atoms with E-state index in [1.165, 1.54) is 11.1 Å². The summed E-state index contributed by atoms with van der Waals surface area (Å²) in [5.74, 6) is 0. The standard InChI is InChI=1S/C20H17F3N2/c1-13-10-19(25-9-8-14-4-2-3-5-15(14)12-25)17-7-6-16(20(21,22)23)11-18(17)24-13/h2-7,10-11H,8-9,12H2,1H3. The molecule has 1 aliphatic rings. The number of hydrogen-bond acceptors (Lipinski definition) is 2. The Bertz CT molecular complexity index is 947. The zero-order valence-electron chi connectivity index (χ0n) is 13.8. The number of hydrogen-bond donors (Lipinski definition) is 0. The monoisotopic (exact) mass is 342 g/mol. The molecule has 0 amide bonds. The Morgan fingerprint density at radius 2 is 1.76 bits per heavy atom. The summed E-state index contributed by atoms with van der Waals surface area (Å²) in [6.07, 6.45) is -3.43. The maximum absolute atomic E-state index is 13.0. The van der Waals surface area contributed by atoms with Gasteiger partial charge in [-0.25, -0.2) is 0 Å². The molecule has 0 bridgehead atoms. The molecule has 0 aliphatic carbocycles. The Morgan fingerprint density at radius 3 is 2.52 bits per heavy atom. The third kappa shape index (κ3) is 2.95. The second-order valence-corrected chi connectivity index (χ2v) is 6.45. The number of nitrogens with zero attached hydrogens (tertiary/aromatic N) is 2. The number of alkyl halides is 3. The third-order valence-electron chi connectivity index (χ3n) is 4.71. The van der Waals surface area contributed by atoms with Gasteiger partial charge in [0.2, 0.25) is 0 Å². The molecule has 2 heterocycles. The van der Waals surface area contributed by atoms with Crippen LogP contribution in [0.1, 0.15) is 22.4 Å². The van der Waals surface area contributed by atoms with Crippen LogP contribution < -0.4 is 4.90 Å². The third-order valence-corrected chi connectivity index (χ3v) is 4.71. The predicted molar refractivity (Wildman–Crippen MR) is 92.7 cm³/mol. The van der Waals surface area contributed by atoms with Crippen molar-refractivity contribution in [3.8, 4) is 0 Å². The molecule has 0 atom stereocenters. The number of fused-ring (bicyclic) bond motifs is 2. The molecule has 1 aromatic heterocycles. The van der Waals surface area contributed by atoms with Gasteiger partial charge in [0.15, 0.2) is 0 Å². The largest absolute Gasteiger partial charge is 0.416 e. The summed E-state index contributed by atoms with van der Waals surface area (Å²) in [5, 5.41) is 0.762. The first-order valence-corrected chi connectivity index (χ1v) is 8.22. The molecule has 2 nitrogen and oxygen atoms in total. The van der Waals surface area contributed by atoms with Crippen LogP contribution in [0.15, 0.2) is 48.5 Å². The molecule has 3 aromatic rings. The number of pyridine rings is 1. The minimum absolute atomic E-state index is 0.392. The fourth-order valence-corrected chi connectivity index (χ4v) is 3.48. The summed E-state index contributed by atoms with van der Waals surface area (Å²) in [7, 11) is 0. The first-order chi connectivity index (χ1) is 11.9. The van der Waals surface area contributed by atoms with Crippen molar-refractivity contribution < 1.29 is 13.2 Å². The van der Waals surface area contributed by atoms with Crippen molar-refractivity contribution in [3.05, 3.63) is 70.9 Å². The Morgan fingerprint density at radius 1 is 1.00 bits per heavy atom. The highest BCUT2D eigenvalue weighted by Gasteiger charge is 2.31. The van der Waals surface area contributed by atoms with Crippen LogP contribution in [0.4, 0.5) is 18.9 Å². The zero-order valence-corrected chi connectivity index (χ0v) is 13.8. The van der Waals surface area contributed by atoms with E-state index in [1.54, 1.807) is 6.07 Å². The number of halogens is 3. The summed E-state index contributed by atoms with van der Waals surface area (Å²) >= 11 is 0. The van der Waals surface area contributed by atoms with Gasteiger partial charge in [-0.1, -0.05) is 30.3 Å². The lowest BCUT2D eigenvalue weighted by Gasteiger charge is -2.31. The first kappa shape index (κ1) is 15.9. The van der Waals surface area contributed by atoms with Gasteiger partial charge in [0.05, 0.1) is 11.1 Å². The molecule has 0 unspecified atom stereocenters. The van der Waals surface area contributed by atoms with Gasteiger partial charge >= 0.3 is 6.18 Å². The van der Waals surface area contributed by atoms with Crippen LogP contribution in [0.3, 0.4) is 0 Å². The van der Waals surface area contributed by atoms with E-state index in [0.717, 1.165) is 48.4 Å². The number of rotatable bonds is 1. The lowest BCUT2D eigenvalue weighted by molar-refractivity contribution is -0.137. The topological polar surface area (TPSA) is 16.1 Å². The van der Waals surface area contributed by atoms with Crippen molar-refractivity contribution in [1.82, 2.24) is 4.98 Å². The van der Waals surface area contributed by atoms with Crippen LogP contribution in [-0.2, 0) is 19.1 Å². The second kappa shape index (κ2) is 5.76. The van der Waals surface area contributed by atoms with Gasteiger partial charge < -0.3 is 4.90 Å². The number of aromatic nitrogens is 1. The lowest BCUT2D eigenvalue weighted by Crippen LogP contribution is -2.30. The van der Waals surface area contributed by atoms with E-state index in [0.29, 0.717) is 5.52 Å². The van der Waals surface area contributed by atoms with Gasteiger partial charge in [-0.15, -0.1) is 0 Å². The SMILES string of the molecule is Cc1cc(N2CCc3ccccc3C2)c2ccc(C(F)(F)F)cc2n1. The quantitative estimate of drug-likeness (QED) is 0.610. The molecule has 0 N–H and O–H groups in total. The minimum Gasteiger partial charge on any atom is -0.366 e. The van der Waals surface area contributed by atoms with Crippen molar-refractivity contribution >= 4 is 16.6 Å². The molecule has 0 radical (unpaired) electrons. The smallest absolute Gasteiger partial charge is 0.366 e. The van der Waals surface area contributed by atoms with Gasteiger partial charge in [0, 0.05) is 29.9 Å². The van der Waals surface area contributed by atoms with Crippen LogP contribution in [-0.4, -0.2) is 11.5 Å². The molecular weight excluding hydrogens is 325 g/mol. The summed E-state index contributed by atoms with van der Waals surface area (Å²) in [5.41, 5.74) is 4.01. The molecule has 5 heteroatoms. The number of benzene rings is 2. The zero-order chi connectivity index (χ0) is 17.6. The van der Waals surface area contributed by atoms with Gasteiger partial charge in [-0.3, -0.25) is 4.98 Å². The Balaban J connectivity index is 1.80. The highest BCUT2D eigenvalue weighted by molar-refractivity contribution is 5.92. The second-order valence-electron chi connectivity index (χ2n) is 6.45. The van der Waals surface area contributed by atoms with E-state index >= 15 is 0 Å². The molecule has 0 saturated heterocycles. The van der Waals surface area contributed by atoms with E-state index in [2.05, 4.69) is 22.0 Å². The fourth-order valence-electron chi connectivity index (χ4n) is 3.48.